The highest BCUT2D eigenvalue weighted by molar-refractivity contribution is 7.92. The monoisotopic (exact) mass is 503 g/mol. The summed E-state index contributed by atoms with van der Waals surface area (Å²) in [7, 11) is -4.03. The molecule has 0 fully saturated rings. The van der Waals surface area contributed by atoms with Crippen LogP contribution < -0.4 is 4.72 Å². The predicted molar refractivity (Wildman–Crippen MR) is 119 cm³/mol. The number of aryl methyl sites for hydroxylation is 1. The number of rotatable bonds is 5. The van der Waals surface area contributed by atoms with Crippen molar-refractivity contribution in [1.82, 2.24) is 9.97 Å². The van der Waals surface area contributed by atoms with E-state index in [4.69, 9.17) is 4.42 Å². The maximum absolute atomic E-state index is 13.4. The van der Waals surface area contributed by atoms with Crippen LogP contribution in [0.25, 0.3) is 11.5 Å². The van der Waals surface area contributed by atoms with Gasteiger partial charge in [0, 0.05) is 11.5 Å². The summed E-state index contributed by atoms with van der Waals surface area (Å²) in [6.07, 6.45) is -0.788. The molecule has 2 aromatic heterocycles. The van der Waals surface area contributed by atoms with Gasteiger partial charge in [-0.1, -0.05) is 18.2 Å². The Labute approximate surface area is 197 Å². The van der Waals surface area contributed by atoms with Gasteiger partial charge in [-0.3, -0.25) is 4.72 Å². The minimum atomic E-state index is -4.53. The van der Waals surface area contributed by atoms with Crippen molar-refractivity contribution in [2.45, 2.75) is 29.8 Å². The summed E-state index contributed by atoms with van der Waals surface area (Å²) in [4.78, 5) is 7.53. The number of sulfonamides is 1. The molecule has 0 radical (unpaired) electrons. The molecule has 5 rings (SSSR count). The van der Waals surface area contributed by atoms with E-state index in [-0.39, 0.29) is 28.1 Å². The second-order valence-electron chi connectivity index (χ2n) is 8.04. The van der Waals surface area contributed by atoms with Gasteiger partial charge in [0.05, 0.1) is 16.7 Å². The van der Waals surface area contributed by atoms with Crippen LogP contribution in [0.15, 0.2) is 76.4 Å². The Morgan fingerprint density at radius 3 is 2.54 bits per heavy atom. The quantitative estimate of drug-likeness (QED) is 0.276. The molecule has 0 aliphatic heterocycles. The third-order valence-corrected chi connectivity index (χ3v) is 7.23. The van der Waals surface area contributed by atoms with E-state index >= 15 is 0 Å². The number of aromatic nitrogens is 2. The highest BCUT2D eigenvalue weighted by atomic mass is 32.2. The summed E-state index contributed by atoms with van der Waals surface area (Å²) in [5, 5.41) is 0. The van der Waals surface area contributed by atoms with E-state index in [1.165, 1.54) is 42.8 Å². The van der Waals surface area contributed by atoms with E-state index in [1.54, 1.807) is 6.07 Å². The molecular weight excluding hydrogens is 486 g/mol. The fourth-order valence-electron chi connectivity index (χ4n) is 4.32. The summed E-state index contributed by atoms with van der Waals surface area (Å²) in [6, 6.07) is 11.8. The van der Waals surface area contributed by atoms with Gasteiger partial charge in [0.2, 0.25) is 11.8 Å². The van der Waals surface area contributed by atoms with E-state index < -0.39 is 27.7 Å². The van der Waals surface area contributed by atoms with Crippen LogP contribution in [-0.4, -0.2) is 18.4 Å². The van der Waals surface area contributed by atoms with Gasteiger partial charge in [-0.2, -0.15) is 17.6 Å². The van der Waals surface area contributed by atoms with Crippen LogP contribution in [0.5, 0.6) is 0 Å². The maximum Gasteiger partial charge on any atom is 0.416 e. The molecule has 0 unspecified atom stereocenters. The lowest BCUT2D eigenvalue weighted by Gasteiger charge is -2.18. The Bertz CT molecular complexity index is 1500. The molecular formula is C24H17F4N3O3S. The second kappa shape index (κ2) is 8.49. The van der Waals surface area contributed by atoms with Crippen molar-refractivity contribution < 1.29 is 30.4 Å². The number of benzene rings is 2. The van der Waals surface area contributed by atoms with Crippen LogP contribution in [-0.2, 0) is 22.6 Å². The number of fused-ring (bicyclic) bond motifs is 1. The van der Waals surface area contributed by atoms with Gasteiger partial charge >= 0.3 is 6.18 Å². The third-order valence-electron chi connectivity index (χ3n) is 5.88. The van der Waals surface area contributed by atoms with Crippen molar-refractivity contribution in [3.05, 3.63) is 95.3 Å². The van der Waals surface area contributed by atoms with Crippen molar-refractivity contribution in [3.63, 3.8) is 0 Å². The Morgan fingerprint density at radius 1 is 1.03 bits per heavy atom. The molecule has 6 nitrogen and oxygen atoms in total. The Hall–Kier alpha value is -3.73. The number of hydrogen-bond acceptors (Lipinski definition) is 5. The van der Waals surface area contributed by atoms with Crippen molar-refractivity contribution >= 4 is 15.8 Å². The molecule has 0 saturated heterocycles. The summed E-state index contributed by atoms with van der Waals surface area (Å²) >= 11 is 0. The van der Waals surface area contributed by atoms with Crippen molar-refractivity contribution in [3.8, 4) is 11.5 Å². The fourth-order valence-corrected chi connectivity index (χ4v) is 5.38. The second-order valence-corrected chi connectivity index (χ2v) is 9.72. The van der Waals surface area contributed by atoms with Crippen LogP contribution in [0.4, 0.5) is 23.4 Å². The van der Waals surface area contributed by atoms with Gasteiger partial charge in [0.15, 0.2) is 0 Å². The fraction of sp³-hybridized carbons (Fsp3) is 0.167. The summed E-state index contributed by atoms with van der Waals surface area (Å²) in [6.45, 7) is 0. The summed E-state index contributed by atoms with van der Waals surface area (Å²) in [5.74, 6) is -1.17. The summed E-state index contributed by atoms with van der Waals surface area (Å²) in [5.41, 5.74) is 1.59. The number of alkyl halides is 3. The predicted octanol–water partition coefficient (Wildman–Crippen LogP) is 5.77. The molecule has 0 amide bonds. The van der Waals surface area contributed by atoms with Gasteiger partial charge < -0.3 is 4.42 Å². The molecule has 1 aliphatic carbocycles. The number of pyridine rings is 1. The molecule has 11 heteroatoms. The molecule has 180 valence electrons. The van der Waals surface area contributed by atoms with Crippen LogP contribution in [0.1, 0.15) is 34.6 Å². The first-order valence-electron chi connectivity index (χ1n) is 10.5. The van der Waals surface area contributed by atoms with Crippen molar-refractivity contribution in [2.24, 2.45) is 0 Å². The van der Waals surface area contributed by atoms with Crippen LogP contribution in [0.3, 0.4) is 0 Å². The minimum Gasteiger partial charge on any atom is -0.445 e. The Balaban J connectivity index is 1.50. The molecule has 0 bridgehead atoms. The molecule has 4 aromatic rings. The highest BCUT2D eigenvalue weighted by Gasteiger charge is 2.34. The number of halogens is 4. The third kappa shape index (κ3) is 4.51. The standard InChI is InChI=1S/C24H17F4N3O3S/c25-21-2-1-3-22(30-21)31-35(32,33)16-6-9-17-14(12-16)4-7-18(17)19-8-5-15(24(26,27)28)13-20(19)23-29-10-11-34-23/h1-3,5-6,8-13,18H,4,7H2,(H,30,31)/t18-/m0/s1. The highest BCUT2D eigenvalue weighted by Crippen LogP contribution is 2.44. The number of anilines is 1. The van der Waals surface area contributed by atoms with E-state index in [2.05, 4.69) is 14.7 Å². The maximum atomic E-state index is 13.4. The van der Waals surface area contributed by atoms with E-state index in [0.717, 1.165) is 29.3 Å². The first-order chi connectivity index (χ1) is 16.6. The van der Waals surface area contributed by atoms with Crippen molar-refractivity contribution in [1.29, 1.82) is 0 Å². The molecule has 1 aliphatic rings. The largest absolute Gasteiger partial charge is 0.445 e. The first-order valence-corrected chi connectivity index (χ1v) is 12.0. The molecule has 35 heavy (non-hydrogen) atoms. The average molecular weight is 503 g/mol. The SMILES string of the molecule is O=S(=O)(Nc1cccc(F)n1)c1ccc2c(c1)CC[C@@H]2c1ccc(C(F)(F)F)cc1-c1ncco1. The smallest absolute Gasteiger partial charge is 0.416 e. The van der Waals surface area contributed by atoms with Gasteiger partial charge in [-0.05, 0) is 65.9 Å². The van der Waals surface area contributed by atoms with Gasteiger partial charge in [-0.15, -0.1) is 0 Å². The van der Waals surface area contributed by atoms with Crippen LogP contribution in [0.2, 0.25) is 0 Å². The lowest BCUT2D eigenvalue weighted by atomic mass is 9.88. The zero-order valence-corrected chi connectivity index (χ0v) is 18.7. The molecule has 2 heterocycles. The number of hydrogen-bond donors (Lipinski definition) is 1. The number of oxazole rings is 1. The van der Waals surface area contributed by atoms with Crippen LogP contribution >= 0.6 is 0 Å². The molecule has 0 saturated carbocycles. The summed E-state index contributed by atoms with van der Waals surface area (Å²) < 4.78 is 86.6. The molecule has 1 N–H and O–H groups in total. The van der Waals surface area contributed by atoms with Gasteiger partial charge in [0.1, 0.15) is 12.1 Å². The Kier molecular flexibility index (Phi) is 5.59. The van der Waals surface area contributed by atoms with Gasteiger partial charge in [-0.25, -0.2) is 18.4 Å². The minimum absolute atomic E-state index is 0.0247. The lowest BCUT2D eigenvalue weighted by molar-refractivity contribution is -0.137. The van der Waals surface area contributed by atoms with E-state index in [9.17, 15) is 26.0 Å². The lowest BCUT2D eigenvalue weighted by Crippen LogP contribution is -2.14. The number of nitrogens with zero attached hydrogens (tertiary/aromatic N) is 2. The molecule has 2 aromatic carbocycles. The normalized spacial score (nSPS) is 15.7. The number of nitrogens with one attached hydrogen (secondary N) is 1. The van der Waals surface area contributed by atoms with Crippen LogP contribution in [0, 0.1) is 5.95 Å². The molecule has 0 spiro atoms. The molecule has 1 atom stereocenters. The first kappa shape index (κ1) is 23.0. The van der Waals surface area contributed by atoms with E-state index in [1.807, 2.05) is 0 Å². The average Bonchev–Trinajstić information content (AvgIpc) is 3.47. The van der Waals surface area contributed by atoms with Crippen molar-refractivity contribution in [2.75, 3.05) is 4.72 Å². The topological polar surface area (TPSA) is 85.1 Å². The zero-order chi connectivity index (χ0) is 24.8. The van der Waals surface area contributed by atoms with Gasteiger partial charge in [0.25, 0.3) is 10.0 Å². The zero-order valence-electron chi connectivity index (χ0n) is 17.9. The van der Waals surface area contributed by atoms with E-state index in [0.29, 0.717) is 18.4 Å². The Morgan fingerprint density at radius 2 is 1.83 bits per heavy atom.